The van der Waals surface area contributed by atoms with Crippen molar-refractivity contribution in [1.29, 1.82) is 0 Å². The minimum Gasteiger partial charge on any atom is -0.352 e. The first-order valence-corrected chi connectivity index (χ1v) is 9.40. The molecule has 1 amide bonds. The number of nitrogens with zero attached hydrogens (tertiary/aromatic N) is 1. The van der Waals surface area contributed by atoms with E-state index in [1.165, 1.54) is 4.31 Å². The largest absolute Gasteiger partial charge is 0.352 e. The topological polar surface area (TPSA) is 78.5 Å². The molecule has 0 saturated carbocycles. The Morgan fingerprint density at radius 1 is 1.22 bits per heavy atom. The van der Waals surface area contributed by atoms with Crippen molar-refractivity contribution in [2.24, 2.45) is 5.92 Å². The quantitative estimate of drug-likeness (QED) is 0.775. The Bertz CT molecular complexity index is 622. The van der Waals surface area contributed by atoms with Crippen LogP contribution in [0, 0.1) is 5.92 Å². The minimum atomic E-state index is -3.37. The molecule has 128 valence electrons. The van der Waals surface area contributed by atoms with E-state index in [0.717, 1.165) is 18.4 Å². The molecular weight excluding hydrogens is 314 g/mol. The third kappa shape index (κ3) is 4.53. The highest BCUT2D eigenvalue weighted by atomic mass is 32.2. The first-order valence-electron chi connectivity index (χ1n) is 7.96. The van der Waals surface area contributed by atoms with Gasteiger partial charge in [0.15, 0.2) is 0 Å². The lowest BCUT2D eigenvalue weighted by Crippen LogP contribution is -2.33. The van der Waals surface area contributed by atoms with Gasteiger partial charge in [0.05, 0.1) is 4.90 Å². The van der Waals surface area contributed by atoms with Gasteiger partial charge in [-0.05, 0) is 37.6 Å². The van der Waals surface area contributed by atoms with Gasteiger partial charge in [-0.25, -0.2) is 8.42 Å². The maximum atomic E-state index is 12.4. The molecule has 1 aromatic rings. The van der Waals surface area contributed by atoms with Crippen molar-refractivity contribution in [2.75, 3.05) is 26.7 Å². The molecule has 1 atom stereocenters. The van der Waals surface area contributed by atoms with Crippen LogP contribution < -0.4 is 10.6 Å². The number of carbonyl (C=O) groups is 1. The summed E-state index contributed by atoms with van der Waals surface area (Å²) in [4.78, 5) is 12.2. The van der Waals surface area contributed by atoms with E-state index >= 15 is 0 Å². The molecule has 2 N–H and O–H groups in total. The maximum Gasteiger partial charge on any atom is 0.243 e. The summed E-state index contributed by atoms with van der Waals surface area (Å²) in [6.07, 6.45) is 1.85. The third-order valence-corrected chi connectivity index (χ3v) is 5.96. The Morgan fingerprint density at radius 2 is 1.83 bits per heavy atom. The van der Waals surface area contributed by atoms with Crippen molar-refractivity contribution in [2.45, 2.75) is 31.2 Å². The summed E-state index contributed by atoms with van der Waals surface area (Å²) < 4.78 is 26.4. The van der Waals surface area contributed by atoms with Crippen molar-refractivity contribution in [3.8, 4) is 0 Å². The normalized spacial score (nSPS) is 17.1. The first kappa shape index (κ1) is 17.9. The summed E-state index contributed by atoms with van der Waals surface area (Å²) in [5, 5.41) is 5.82. The standard InChI is InChI=1S/C16H25N3O3S/c1-13(11-17-2)16(20)18-12-14-5-7-15(8-6-14)23(21,22)19-9-3-4-10-19/h5-8,13,17H,3-4,9-12H2,1-2H3,(H,18,20). The Hall–Kier alpha value is -1.44. The lowest BCUT2D eigenvalue weighted by Gasteiger charge is -2.16. The highest BCUT2D eigenvalue weighted by Crippen LogP contribution is 2.21. The average Bonchev–Trinajstić information content (AvgIpc) is 3.08. The van der Waals surface area contributed by atoms with Crippen LogP contribution in [0.15, 0.2) is 29.2 Å². The lowest BCUT2D eigenvalue weighted by atomic mass is 10.1. The number of rotatable bonds is 7. The molecular formula is C16H25N3O3S. The number of nitrogens with one attached hydrogen (secondary N) is 2. The van der Waals surface area contributed by atoms with E-state index in [1.54, 1.807) is 24.3 Å². The summed E-state index contributed by atoms with van der Waals surface area (Å²) in [5.41, 5.74) is 0.885. The number of sulfonamides is 1. The van der Waals surface area contributed by atoms with Crippen molar-refractivity contribution in [1.82, 2.24) is 14.9 Å². The van der Waals surface area contributed by atoms with Gasteiger partial charge in [-0.1, -0.05) is 19.1 Å². The number of benzene rings is 1. The predicted octanol–water partition coefficient (Wildman–Crippen LogP) is 0.943. The fourth-order valence-electron chi connectivity index (χ4n) is 2.62. The molecule has 1 aromatic carbocycles. The molecule has 0 radical (unpaired) electrons. The number of carbonyl (C=O) groups excluding carboxylic acids is 1. The van der Waals surface area contributed by atoms with Crippen LogP contribution in [-0.4, -0.2) is 45.3 Å². The second-order valence-electron chi connectivity index (χ2n) is 5.93. The summed E-state index contributed by atoms with van der Waals surface area (Å²) in [5.74, 6) is -0.122. The van der Waals surface area contributed by atoms with Crippen LogP contribution in [0.4, 0.5) is 0 Å². The summed E-state index contributed by atoms with van der Waals surface area (Å²) in [7, 11) is -1.56. The Kier molecular flexibility index (Phi) is 6.15. The van der Waals surface area contributed by atoms with E-state index in [4.69, 9.17) is 0 Å². The van der Waals surface area contributed by atoms with E-state index in [-0.39, 0.29) is 11.8 Å². The van der Waals surface area contributed by atoms with E-state index in [2.05, 4.69) is 10.6 Å². The maximum absolute atomic E-state index is 12.4. The molecule has 1 saturated heterocycles. The second-order valence-corrected chi connectivity index (χ2v) is 7.87. The molecule has 0 spiro atoms. The number of amides is 1. The van der Waals surface area contributed by atoms with Crippen LogP contribution >= 0.6 is 0 Å². The van der Waals surface area contributed by atoms with Crippen molar-refractivity contribution >= 4 is 15.9 Å². The molecule has 1 fully saturated rings. The van der Waals surface area contributed by atoms with E-state index in [1.807, 2.05) is 14.0 Å². The first-order chi connectivity index (χ1) is 10.9. The SMILES string of the molecule is CNCC(C)C(=O)NCc1ccc(S(=O)(=O)N2CCCC2)cc1. The molecule has 0 aliphatic carbocycles. The fourth-order valence-corrected chi connectivity index (χ4v) is 4.14. The molecule has 0 aromatic heterocycles. The van der Waals surface area contributed by atoms with Crippen molar-refractivity contribution in [3.05, 3.63) is 29.8 Å². The fraction of sp³-hybridized carbons (Fsp3) is 0.562. The highest BCUT2D eigenvalue weighted by molar-refractivity contribution is 7.89. The van der Waals surface area contributed by atoms with Crippen molar-refractivity contribution < 1.29 is 13.2 Å². The van der Waals surface area contributed by atoms with Gasteiger partial charge in [0, 0.05) is 32.1 Å². The lowest BCUT2D eigenvalue weighted by molar-refractivity contribution is -0.124. The molecule has 1 unspecified atom stereocenters. The van der Waals surface area contributed by atoms with Gasteiger partial charge in [-0.2, -0.15) is 4.31 Å². The Balaban J connectivity index is 1.96. The molecule has 7 heteroatoms. The minimum absolute atomic E-state index is 0.0203. The van der Waals surface area contributed by atoms with Crippen LogP contribution in [0.25, 0.3) is 0 Å². The molecule has 23 heavy (non-hydrogen) atoms. The van der Waals surface area contributed by atoms with Crippen LogP contribution in [0.2, 0.25) is 0 Å². The number of hydrogen-bond donors (Lipinski definition) is 2. The molecule has 1 aliphatic rings. The molecule has 2 rings (SSSR count). The van der Waals surface area contributed by atoms with Crippen molar-refractivity contribution in [3.63, 3.8) is 0 Å². The summed E-state index contributed by atoms with van der Waals surface area (Å²) in [6.45, 7) is 4.08. The summed E-state index contributed by atoms with van der Waals surface area (Å²) in [6, 6.07) is 6.75. The van der Waals surface area contributed by atoms with Gasteiger partial charge in [0.1, 0.15) is 0 Å². The van der Waals surface area contributed by atoms with E-state index in [9.17, 15) is 13.2 Å². The zero-order valence-corrected chi connectivity index (χ0v) is 14.5. The smallest absolute Gasteiger partial charge is 0.243 e. The average molecular weight is 339 g/mol. The van der Waals surface area contributed by atoms with E-state index < -0.39 is 10.0 Å². The molecule has 0 bridgehead atoms. The van der Waals surface area contributed by atoms with Gasteiger partial charge in [0.2, 0.25) is 15.9 Å². The Labute approximate surface area is 138 Å². The highest BCUT2D eigenvalue weighted by Gasteiger charge is 2.26. The van der Waals surface area contributed by atoms with Gasteiger partial charge in [-0.3, -0.25) is 4.79 Å². The zero-order valence-electron chi connectivity index (χ0n) is 13.7. The Morgan fingerprint density at radius 3 is 2.39 bits per heavy atom. The van der Waals surface area contributed by atoms with Gasteiger partial charge in [0.25, 0.3) is 0 Å². The molecule has 1 aliphatic heterocycles. The second kappa shape index (κ2) is 7.90. The van der Waals surface area contributed by atoms with E-state index in [0.29, 0.717) is 31.1 Å². The predicted molar refractivity (Wildman–Crippen MR) is 89.4 cm³/mol. The number of hydrogen-bond acceptors (Lipinski definition) is 4. The zero-order chi connectivity index (χ0) is 16.9. The van der Waals surface area contributed by atoms with Crippen LogP contribution in [0.3, 0.4) is 0 Å². The molecule has 1 heterocycles. The van der Waals surface area contributed by atoms with Gasteiger partial charge in [-0.15, -0.1) is 0 Å². The third-order valence-electron chi connectivity index (χ3n) is 4.05. The van der Waals surface area contributed by atoms with Crippen LogP contribution in [-0.2, 0) is 21.4 Å². The monoisotopic (exact) mass is 339 g/mol. The van der Waals surface area contributed by atoms with Gasteiger partial charge >= 0.3 is 0 Å². The van der Waals surface area contributed by atoms with Crippen LogP contribution in [0.1, 0.15) is 25.3 Å². The molecule has 6 nitrogen and oxygen atoms in total. The van der Waals surface area contributed by atoms with Crippen LogP contribution in [0.5, 0.6) is 0 Å². The summed E-state index contributed by atoms with van der Waals surface area (Å²) >= 11 is 0. The van der Waals surface area contributed by atoms with Gasteiger partial charge < -0.3 is 10.6 Å².